The van der Waals surface area contributed by atoms with Gasteiger partial charge in [0.2, 0.25) is 5.91 Å². The zero-order valence-electron chi connectivity index (χ0n) is 16.9. The monoisotopic (exact) mass is 457 g/mol. The van der Waals surface area contributed by atoms with Crippen molar-refractivity contribution in [3.8, 4) is 11.3 Å². The fourth-order valence-corrected chi connectivity index (χ4v) is 4.04. The molecule has 1 aliphatic heterocycles. The SMILES string of the molecule is CC(=O)N1CCN(c2ccc(NC(=O)c3ccc(-c4cccc(Cl)c4)o3)cc2Cl)CC1. The average molecular weight is 458 g/mol. The molecule has 0 bridgehead atoms. The summed E-state index contributed by atoms with van der Waals surface area (Å²) in [5, 5.41) is 3.94. The first-order valence-electron chi connectivity index (χ1n) is 9.88. The number of nitrogens with zero attached hydrogens (tertiary/aromatic N) is 2. The van der Waals surface area contributed by atoms with Crippen molar-refractivity contribution in [3.63, 3.8) is 0 Å². The maximum absolute atomic E-state index is 12.6. The van der Waals surface area contributed by atoms with Gasteiger partial charge >= 0.3 is 0 Å². The highest BCUT2D eigenvalue weighted by Gasteiger charge is 2.21. The normalized spacial score (nSPS) is 13.9. The van der Waals surface area contributed by atoms with Crippen LogP contribution >= 0.6 is 23.2 Å². The number of amides is 2. The Morgan fingerprint density at radius 1 is 0.968 bits per heavy atom. The number of piperazine rings is 1. The third kappa shape index (κ3) is 4.86. The highest BCUT2D eigenvalue weighted by molar-refractivity contribution is 6.33. The van der Waals surface area contributed by atoms with Crippen molar-refractivity contribution in [1.29, 1.82) is 0 Å². The van der Waals surface area contributed by atoms with E-state index in [1.807, 2.05) is 23.1 Å². The fraction of sp³-hybridized carbons (Fsp3) is 0.217. The lowest BCUT2D eigenvalue weighted by atomic mass is 10.2. The minimum atomic E-state index is -0.368. The molecule has 160 valence electrons. The lowest BCUT2D eigenvalue weighted by Crippen LogP contribution is -2.48. The highest BCUT2D eigenvalue weighted by atomic mass is 35.5. The van der Waals surface area contributed by atoms with Gasteiger partial charge in [-0.15, -0.1) is 0 Å². The number of furan rings is 1. The smallest absolute Gasteiger partial charge is 0.291 e. The van der Waals surface area contributed by atoms with E-state index in [0.717, 1.165) is 11.3 Å². The van der Waals surface area contributed by atoms with Gasteiger partial charge in [0.25, 0.3) is 5.91 Å². The molecular formula is C23H21Cl2N3O3. The summed E-state index contributed by atoms with van der Waals surface area (Å²) in [6.07, 6.45) is 0. The second kappa shape index (κ2) is 9.04. The maximum atomic E-state index is 12.6. The lowest BCUT2D eigenvalue weighted by Gasteiger charge is -2.36. The van der Waals surface area contributed by atoms with Crippen LogP contribution in [0.1, 0.15) is 17.5 Å². The van der Waals surface area contributed by atoms with Crippen LogP contribution in [0.4, 0.5) is 11.4 Å². The number of hydrogen-bond acceptors (Lipinski definition) is 4. The topological polar surface area (TPSA) is 65.8 Å². The quantitative estimate of drug-likeness (QED) is 0.586. The molecule has 8 heteroatoms. The van der Waals surface area contributed by atoms with Crippen molar-refractivity contribution in [2.24, 2.45) is 0 Å². The predicted molar refractivity (Wildman–Crippen MR) is 123 cm³/mol. The largest absolute Gasteiger partial charge is 0.451 e. The summed E-state index contributed by atoms with van der Waals surface area (Å²) in [5.74, 6) is 0.466. The van der Waals surface area contributed by atoms with Crippen molar-refractivity contribution in [1.82, 2.24) is 4.90 Å². The fourth-order valence-electron chi connectivity index (χ4n) is 3.55. The minimum Gasteiger partial charge on any atom is -0.451 e. The molecule has 6 nitrogen and oxygen atoms in total. The van der Waals surface area contributed by atoms with Crippen LogP contribution in [0.15, 0.2) is 59.0 Å². The van der Waals surface area contributed by atoms with Crippen molar-refractivity contribution in [2.45, 2.75) is 6.92 Å². The van der Waals surface area contributed by atoms with Gasteiger partial charge in [0, 0.05) is 49.4 Å². The molecule has 0 atom stereocenters. The first-order chi connectivity index (χ1) is 14.9. The van der Waals surface area contributed by atoms with Gasteiger partial charge in [0.15, 0.2) is 5.76 Å². The Hall–Kier alpha value is -2.96. The number of carbonyl (C=O) groups is 2. The molecule has 0 aliphatic carbocycles. The van der Waals surface area contributed by atoms with Crippen LogP contribution < -0.4 is 10.2 Å². The first-order valence-corrected chi connectivity index (χ1v) is 10.6. The van der Waals surface area contributed by atoms with Gasteiger partial charge in [-0.1, -0.05) is 35.3 Å². The summed E-state index contributed by atoms with van der Waals surface area (Å²) in [6.45, 7) is 4.33. The van der Waals surface area contributed by atoms with E-state index >= 15 is 0 Å². The summed E-state index contributed by atoms with van der Waals surface area (Å²) >= 11 is 12.5. The number of rotatable bonds is 4. The molecule has 0 unspecified atom stereocenters. The Morgan fingerprint density at radius 3 is 2.42 bits per heavy atom. The number of halogens is 2. The summed E-state index contributed by atoms with van der Waals surface area (Å²) in [7, 11) is 0. The Bertz CT molecular complexity index is 1120. The van der Waals surface area contributed by atoms with Crippen molar-refractivity contribution in [3.05, 3.63) is 70.4 Å². The molecule has 1 N–H and O–H groups in total. The Labute approximate surface area is 190 Å². The molecule has 0 spiro atoms. The highest BCUT2D eigenvalue weighted by Crippen LogP contribution is 2.30. The zero-order chi connectivity index (χ0) is 22.0. The lowest BCUT2D eigenvalue weighted by molar-refractivity contribution is -0.129. The first kappa shape index (κ1) is 21.3. The van der Waals surface area contributed by atoms with Gasteiger partial charge in [0.1, 0.15) is 5.76 Å². The molecule has 31 heavy (non-hydrogen) atoms. The van der Waals surface area contributed by atoms with Crippen molar-refractivity contribution >= 4 is 46.4 Å². The Morgan fingerprint density at radius 2 is 1.74 bits per heavy atom. The predicted octanol–water partition coefficient (Wildman–Crippen LogP) is 5.17. The maximum Gasteiger partial charge on any atom is 0.291 e. The second-order valence-corrected chi connectivity index (χ2v) is 8.13. The van der Waals surface area contributed by atoms with Gasteiger partial charge < -0.3 is 19.5 Å². The van der Waals surface area contributed by atoms with E-state index in [1.165, 1.54) is 0 Å². The third-order valence-corrected chi connectivity index (χ3v) is 5.75. The Balaban J connectivity index is 1.42. The average Bonchev–Trinajstić information content (AvgIpc) is 3.25. The number of hydrogen-bond donors (Lipinski definition) is 1. The zero-order valence-corrected chi connectivity index (χ0v) is 18.4. The minimum absolute atomic E-state index is 0.0836. The number of anilines is 2. The number of nitrogens with one attached hydrogen (secondary N) is 1. The molecule has 1 aromatic heterocycles. The summed E-state index contributed by atoms with van der Waals surface area (Å²) < 4.78 is 5.69. The standard InChI is InChI=1S/C23H21Cl2N3O3/c1-15(29)27-9-11-28(12-10-27)20-6-5-18(14-19(20)25)26-23(30)22-8-7-21(31-22)16-3-2-4-17(24)13-16/h2-8,13-14H,9-12H2,1H3,(H,26,30). The number of carbonyl (C=O) groups excluding carboxylic acids is 2. The van der Waals surface area contributed by atoms with Gasteiger partial charge in [-0.2, -0.15) is 0 Å². The molecule has 1 aliphatic rings. The van der Waals surface area contributed by atoms with Crippen LogP contribution in [0.25, 0.3) is 11.3 Å². The van der Waals surface area contributed by atoms with Gasteiger partial charge in [-0.3, -0.25) is 9.59 Å². The summed E-state index contributed by atoms with van der Waals surface area (Å²) in [4.78, 5) is 28.1. The molecule has 3 aromatic rings. The van der Waals surface area contributed by atoms with E-state index in [1.54, 1.807) is 43.3 Å². The Kier molecular flexibility index (Phi) is 6.20. The van der Waals surface area contributed by atoms with Crippen LogP contribution in [-0.4, -0.2) is 42.9 Å². The van der Waals surface area contributed by atoms with Crippen LogP contribution in [0.2, 0.25) is 10.0 Å². The molecule has 4 rings (SSSR count). The van der Waals surface area contributed by atoms with E-state index in [4.69, 9.17) is 27.6 Å². The molecule has 1 fully saturated rings. The second-order valence-electron chi connectivity index (χ2n) is 7.29. The van der Waals surface area contributed by atoms with Crippen LogP contribution in [0.3, 0.4) is 0 Å². The summed E-state index contributed by atoms with van der Waals surface area (Å²) in [6, 6.07) is 16.0. The number of benzene rings is 2. The summed E-state index contributed by atoms with van der Waals surface area (Å²) in [5.41, 5.74) is 2.25. The molecule has 2 aromatic carbocycles. The van der Waals surface area contributed by atoms with Gasteiger partial charge in [-0.05, 0) is 42.5 Å². The van der Waals surface area contributed by atoms with Crippen LogP contribution in [0, 0.1) is 0 Å². The van der Waals surface area contributed by atoms with Crippen LogP contribution in [-0.2, 0) is 4.79 Å². The molecule has 0 saturated carbocycles. The molecule has 1 saturated heterocycles. The third-order valence-electron chi connectivity index (χ3n) is 5.21. The van der Waals surface area contributed by atoms with E-state index in [-0.39, 0.29) is 17.6 Å². The van der Waals surface area contributed by atoms with Crippen LogP contribution in [0.5, 0.6) is 0 Å². The van der Waals surface area contributed by atoms with E-state index in [2.05, 4.69) is 10.2 Å². The van der Waals surface area contributed by atoms with Crippen molar-refractivity contribution < 1.29 is 14.0 Å². The van der Waals surface area contributed by atoms with E-state index in [0.29, 0.717) is 47.7 Å². The molecule has 2 amide bonds. The molecule has 2 heterocycles. The van der Waals surface area contributed by atoms with E-state index < -0.39 is 0 Å². The van der Waals surface area contributed by atoms with Gasteiger partial charge in [-0.25, -0.2) is 0 Å². The molecule has 0 radical (unpaired) electrons. The van der Waals surface area contributed by atoms with E-state index in [9.17, 15) is 9.59 Å². The molecular weight excluding hydrogens is 437 g/mol. The van der Waals surface area contributed by atoms with Gasteiger partial charge in [0.05, 0.1) is 10.7 Å². The van der Waals surface area contributed by atoms with Crippen molar-refractivity contribution in [2.75, 3.05) is 36.4 Å².